The predicted molar refractivity (Wildman–Crippen MR) is 128 cm³/mol. The lowest BCUT2D eigenvalue weighted by atomic mass is 10.2. The van der Waals surface area contributed by atoms with E-state index >= 15 is 0 Å². The lowest BCUT2D eigenvalue weighted by Gasteiger charge is -2.26. The number of aliphatic imine (C=N–C) groups is 1. The van der Waals surface area contributed by atoms with Crippen LogP contribution in [0.1, 0.15) is 24.8 Å². The molecule has 1 fully saturated rings. The van der Waals surface area contributed by atoms with Gasteiger partial charge in [0.15, 0.2) is 5.96 Å². The van der Waals surface area contributed by atoms with Gasteiger partial charge < -0.3 is 15.5 Å². The summed E-state index contributed by atoms with van der Waals surface area (Å²) in [6.45, 7) is 3.25. The monoisotopic (exact) mass is 541 g/mol. The van der Waals surface area contributed by atoms with E-state index in [9.17, 15) is 4.79 Å². The molecule has 0 aliphatic carbocycles. The Morgan fingerprint density at radius 2 is 2.07 bits per heavy atom. The van der Waals surface area contributed by atoms with Gasteiger partial charge in [0.25, 0.3) is 0 Å². The van der Waals surface area contributed by atoms with Crippen LogP contribution in [0.4, 0.5) is 0 Å². The van der Waals surface area contributed by atoms with Crippen LogP contribution in [0.5, 0.6) is 0 Å². The first-order chi connectivity index (χ1) is 12.9. The third kappa shape index (κ3) is 7.57. The van der Waals surface area contributed by atoms with Crippen molar-refractivity contribution < 1.29 is 4.79 Å². The molecule has 1 aromatic carbocycles. The van der Waals surface area contributed by atoms with Gasteiger partial charge in [-0.2, -0.15) is 0 Å². The number of likely N-dealkylation sites (N-methyl/N-ethyl adjacent to an activating group) is 1. The fourth-order valence-electron chi connectivity index (χ4n) is 3.23. The molecule has 6 nitrogen and oxygen atoms in total. The van der Waals surface area contributed by atoms with Gasteiger partial charge in [0.2, 0.25) is 5.91 Å². The van der Waals surface area contributed by atoms with E-state index in [1.54, 1.807) is 18.0 Å². The van der Waals surface area contributed by atoms with Crippen molar-refractivity contribution in [1.82, 2.24) is 20.4 Å². The third-order valence-corrected chi connectivity index (χ3v) is 5.28. The molecule has 1 unspecified atom stereocenters. The van der Waals surface area contributed by atoms with Crippen molar-refractivity contribution in [2.24, 2.45) is 4.99 Å². The van der Waals surface area contributed by atoms with E-state index in [0.29, 0.717) is 16.6 Å². The number of hydrogen-bond acceptors (Lipinski definition) is 3. The Morgan fingerprint density at radius 1 is 1.32 bits per heavy atom. The third-order valence-electron chi connectivity index (χ3n) is 4.69. The number of halogens is 3. The first-order valence-electron chi connectivity index (χ1n) is 9.26. The summed E-state index contributed by atoms with van der Waals surface area (Å²) in [4.78, 5) is 20.4. The Balaban J connectivity index is 0.00000392. The predicted octanol–water partition coefficient (Wildman–Crippen LogP) is 3.22. The van der Waals surface area contributed by atoms with Gasteiger partial charge in [-0.15, -0.1) is 24.0 Å². The Bertz CT molecular complexity index is 672. The molecule has 1 heterocycles. The van der Waals surface area contributed by atoms with E-state index in [1.165, 1.54) is 0 Å². The highest BCUT2D eigenvalue weighted by Crippen LogP contribution is 2.21. The minimum atomic E-state index is 0. The van der Waals surface area contributed by atoms with Gasteiger partial charge in [-0.25, -0.2) is 0 Å². The molecule has 0 aromatic heterocycles. The summed E-state index contributed by atoms with van der Waals surface area (Å²) >= 11 is 12.1. The zero-order chi connectivity index (χ0) is 19.8. The molecule has 1 amide bonds. The summed E-state index contributed by atoms with van der Waals surface area (Å²) in [7, 11) is 5.39. The van der Waals surface area contributed by atoms with Crippen LogP contribution in [0, 0.1) is 0 Å². The molecule has 1 atom stereocenters. The second-order valence-electron chi connectivity index (χ2n) is 6.87. The van der Waals surface area contributed by atoms with Gasteiger partial charge >= 0.3 is 0 Å². The molecule has 158 valence electrons. The zero-order valence-electron chi connectivity index (χ0n) is 16.7. The fraction of sp³-hybridized carbons (Fsp3) is 0.579. The van der Waals surface area contributed by atoms with Crippen LogP contribution in [0.2, 0.25) is 10.0 Å². The molecule has 0 spiro atoms. The largest absolute Gasteiger partial charge is 0.356 e. The molecular formula is C19H30Cl2IN5O. The Labute approximate surface area is 195 Å². The van der Waals surface area contributed by atoms with E-state index in [-0.39, 0.29) is 35.9 Å². The maximum atomic E-state index is 12.2. The van der Waals surface area contributed by atoms with E-state index in [2.05, 4.69) is 20.5 Å². The van der Waals surface area contributed by atoms with Crippen LogP contribution in [0.3, 0.4) is 0 Å². The normalized spacial score (nSPS) is 17.2. The number of guanidine groups is 1. The van der Waals surface area contributed by atoms with Gasteiger partial charge in [0, 0.05) is 50.8 Å². The maximum Gasteiger partial charge on any atom is 0.239 e. The molecule has 0 bridgehead atoms. The van der Waals surface area contributed by atoms with Gasteiger partial charge in [0.05, 0.1) is 6.04 Å². The van der Waals surface area contributed by atoms with Crippen molar-refractivity contribution in [3.05, 3.63) is 33.8 Å². The quantitative estimate of drug-likeness (QED) is 0.241. The average Bonchev–Trinajstić information content (AvgIpc) is 3.10. The standard InChI is InChI=1S/C19H29Cl2N5O.HI/c1-22-19(24-13-14-7-8-15(20)12-16(14)21)23-9-5-11-26-10-4-6-17(26)18(27)25(2)3;/h7-8,12,17H,4-6,9-11,13H2,1-3H3,(H2,22,23,24);1H. The smallest absolute Gasteiger partial charge is 0.239 e. The summed E-state index contributed by atoms with van der Waals surface area (Å²) in [5.74, 6) is 0.932. The lowest BCUT2D eigenvalue weighted by molar-refractivity contribution is -0.133. The SMILES string of the molecule is CN=C(NCCCN1CCCC1C(=O)N(C)C)NCc1ccc(Cl)cc1Cl.I. The highest BCUT2D eigenvalue weighted by Gasteiger charge is 2.30. The first kappa shape index (κ1) is 25.3. The summed E-state index contributed by atoms with van der Waals surface area (Å²) < 4.78 is 0. The molecule has 1 saturated heterocycles. The number of carbonyl (C=O) groups is 1. The van der Waals surface area contributed by atoms with Crippen LogP contribution in [0.25, 0.3) is 0 Å². The molecule has 1 aliphatic heterocycles. The Hall–Kier alpha value is -0.770. The number of carbonyl (C=O) groups excluding carboxylic acids is 1. The second kappa shape index (κ2) is 12.7. The number of rotatable bonds is 7. The van der Waals surface area contributed by atoms with Crippen molar-refractivity contribution in [2.75, 3.05) is 40.8 Å². The van der Waals surface area contributed by atoms with E-state index in [0.717, 1.165) is 50.4 Å². The van der Waals surface area contributed by atoms with Gasteiger partial charge in [-0.1, -0.05) is 29.3 Å². The summed E-state index contributed by atoms with van der Waals surface area (Å²) in [5.41, 5.74) is 0.964. The molecule has 0 radical (unpaired) electrons. The van der Waals surface area contributed by atoms with Crippen molar-refractivity contribution >= 4 is 59.0 Å². The van der Waals surface area contributed by atoms with E-state index in [1.807, 2.05) is 26.2 Å². The highest BCUT2D eigenvalue weighted by atomic mass is 127. The average molecular weight is 542 g/mol. The molecule has 2 rings (SSSR count). The molecular weight excluding hydrogens is 512 g/mol. The van der Waals surface area contributed by atoms with Crippen LogP contribution >= 0.6 is 47.2 Å². The maximum absolute atomic E-state index is 12.2. The minimum Gasteiger partial charge on any atom is -0.356 e. The number of nitrogens with zero attached hydrogens (tertiary/aromatic N) is 3. The Kier molecular flexibility index (Phi) is 11.5. The lowest BCUT2D eigenvalue weighted by Crippen LogP contribution is -2.44. The molecule has 0 saturated carbocycles. The molecule has 1 aromatic rings. The molecule has 2 N–H and O–H groups in total. The van der Waals surface area contributed by atoms with Gasteiger partial charge in [-0.3, -0.25) is 14.7 Å². The van der Waals surface area contributed by atoms with Crippen LogP contribution < -0.4 is 10.6 Å². The number of likely N-dealkylation sites (tertiary alicyclic amines) is 1. The summed E-state index contributed by atoms with van der Waals surface area (Å²) in [5, 5.41) is 7.82. The number of nitrogens with one attached hydrogen (secondary N) is 2. The summed E-state index contributed by atoms with van der Waals surface area (Å²) in [6.07, 6.45) is 2.98. The number of amides is 1. The molecule has 1 aliphatic rings. The molecule has 9 heteroatoms. The Morgan fingerprint density at radius 3 is 2.71 bits per heavy atom. The van der Waals surface area contributed by atoms with Crippen LogP contribution in [-0.4, -0.2) is 68.5 Å². The topological polar surface area (TPSA) is 60.0 Å². The van der Waals surface area contributed by atoms with Crippen molar-refractivity contribution in [3.8, 4) is 0 Å². The second-order valence-corrected chi connectivity index (χ2v) is 7.71. The first-order valence-corrected chi connectivity index (χ1v) is 10.0. The number of hydrogen-bond donors (Lipinski definition) is 2. The fourth-order valence-corrected chi connectivity index (χ4v) is 3.70. The van der Waals surface area contributed by atoms with Crippen LogP contribution in [0.15, 0.2) is 23.2 Å². The van der Waals surface area contributed by atoms with Crippen LogP contribution in [-0.2, 0) is 11.3 Å². The minimum absolute atomic E-state index is 0. The number of benzene rings is 1. The molecule has 28 heavy (non-hydrogen) atoms. The van der Waals surface area contributed by atoms with Gasteiger partial charge in [0.1, 0.15) is 0 Å². The van der Waals surface area contributed by atoms with Crippen molar-refractivity contribution in [2.45, 2.75) is 31.8 Å². The summed E-state index contributed by atoms with van der Waals surface area (Å²) in [6, 6.07) is 5.49. The van der Waals surface area contributed by atoms with E-state index in [4.69, 9.17) is 23.2 Å². The van der Waals surface area contributed by atoms with E-state index < -0.39 is 0 Å². The van der Waals surface area contributed by atoms with Crippen molar-refractivity contribution in [3.63, 3.8) is 0 Å². The zero-order valence-corrected chi connectivity index (χ0v) is 20.5. The van der Waals surface area contributed by atoms with Crippen molar-refractivity contribution in [1.29, 1.82) is 0 Å². The van der Waals surface area contributed by atoms with Gasteiger partial charge in [-0.05, 0) is 43.5 Å². The highest BCUT2D eigenvalue weighted by molar-refractivity contribution is 14.0.